The van der Waals surface area contributed by atoms with E-state index in [9.17, 15) is 0 Å². The maximum atomic E-state index is 3.94. The van der Waals surface area contributed by atoms with Crippen LogP contribution in [0.2, 0.25) is 0 Å². The third-order valence-electron chi connectivity index (χ3n) is 5.81. The zero-order valence-corrected chi connectivity index (χ0v) is 27.1. The predicted octanol–water partition coefficient (Wildman–Crippen LogP) is 10.5. The Morgan fingerprint density at radius 2 is 0.861 bits per heavy atom. The quantitative estimate of drug-likeness (QED) is 0.216. The van der Waals surface area contributed by atoms with Crippen molar-refractivity contribution in [3.8, 4) is 0 Å². The summed E-state index contributed by atoms with van der Waals surface area (Å²) >= 11 is 0. The van der Waals surface area contributed by atoms with Gasteiger partial charge in [-0.2, -0.15) is 18.6 Å². The molecule has 0 aliphatic heterocycles. The van der Waals surface area contributed by atoms with Gasteiger partial charge in [-0.1, -0.05) is 128 Å². The van der Waals surface area contributed by atoms with Gasteiger partial charge in [0, 0.05) is 32.7 Å². The largest absolute Gasteiger partial charge is 0.358 e. The van der Waals surface area contributed by atoms with Crippen molar-refractivity contribution in [2.45, 2.75) is 98.8 Å². The number of hydrogen-bond acceptors (Lipinski definition) is 0. The minimum Gasteiger partial charge on any atom is -0.358 e. The van der Waals surface area contributed by atoms with Crippen molar-refractivity contribution in [1.29, 1.82) is 0 Å². The molecule has 3 rings (SSSR count). The second-order valence-corrected chi connectivity index (χ2v) is 9.16. The first-order valence-corrected chi connectivity index (χ1v) is 13.6. The third kappa shape index (κ3) is 16.4. The predicted molar refractivity (Wildman–Crippen MR) is 160 cm³/mol. The van der Waals surface area contributed by atoms with Crippen LogP contribution in [0.25, 0.3) is 0 Å². The van der Waals surface area contributed by atoms with E-state index in [0.29, 0.717) is 0 Å². The van der Waals surface area contributed by atoms with E-state index < -0.39 is 0 Å². The molecule has 197 valence electrons. The average molecular weight is 562 g/mol. The number of hydrogen-bond donors (Lipinski definition) is 0. The van der Waals surface area contributed by atoms with Gasteiger partial charge in [0.2, 0.25) is 0 Å². The molecular formula is C35H52Y-2. The van der Waals surface area contributed by atoms with Crippen LogP contribution in [0.1, 0.15) is 100 Å². The van der Waals surface area contributed by atoms with Gasteiger partial charge in [0.25, 0.3) is 0 Å². The van der Waals surface area contributed by atoms with Gasteiger partial charge in [-0.05, 0) is 47.9 Å². The maximum absolute atomic E-state index is 3.94. The molecule has 0 fully saturated rings. The summed E-state index contributed by atoms with van der Waals surface area (Å²) in [5.41, 5.74) is 8.47. The first-order valence-electron chi connectivity index (χ1n) is 13.6. The molecule has 0 saturated carbocycles. The van der Waals surface area contributed by atoms with Crippen molar-refractivity contribution in [2.24, 2.45) is 0 Å². The van der Waals surface area contributed by atoms with Gasteiger partial charge in [0.15, 0.2) is 0 Å². The smallest absolute Gasteiger partial charge is 0 e. The van der Waals surface area contributed by atoms with Crippen LogP contribution in [0.3, 0.4) is 0 Å². The van der Waals surface area contributed by atoms with Gasteiger partial charge in [0.1, 0.15) is 0 Å². The van der Waals surface area contributed by atoms with Crippen molar-refractivity contribution in [2.75, 3.05) is 0 Å². The van der Waals surface area contributed by atoms with Crippen molar-refractivity contribution in [3.63, 3.8) is 0 Å². The monoisotopic (exact) mass is 561 g/mol. The van der Waals surface area contributed by atoms with Gasteiger partial charge < -0.3 is 7.43 Å². The normalized spacial score (nSPS) is 9.47. The van der Waals surface area contributed by atoms with Crippen LogP contribution in [-0.2, 0) is 64.8 Å². The van der Waals surface area contributed by atoms with E-state index in [1.807, 2.05) is 6.07 Å². The number of aryl methyl sites for hydroxylation is 5. The molecule has 0 atom stereocenters. The van der Waals surface area contributed by atoms with Crippen LogP contribution in [0.15, 0.2) is 72.8 Å². The molecule has 0 unspecified atom stereocenters. The summed E-state index contributed by atoms with van der Waals surface area (Å²) in [6, 6.07) is 26.3. The molecule has 0 bridgehead atoms. The fourth-order valence-corrected chi connectivity index (χ4v) is 4.04. The summed E-state index contributed by atoms with van der Waals surface area (Å²) in [5.74, 6) is 0. The van der Waals surface area contributed by atoms with Gasteiger partial charge in [-0.15, -0.1) is 17.7 Å². The Hall–Kier alpha value is -1.37. The van der Waals surface area contributed by atoms with Crippen molar-refractivity contribution < 1.29 is 32.7 Å². The molecule has 0 saturated heterocycles. The Labute approximate surface area is 250 Å². The summed E-state index contributed by atoms with van der Waals surface area (Å²) in [6.07, 6.45) is 12.2. The van der Waals surface area contributed by atoms with Crippen LogP contribution >= 0.6 is 0 Å². The third-order valence-corrected chi connectivity index (χ3v) is 5.81. The van der Waals surface area contributed by atoms with Crippen molar-refractivity contribution in [1.82, 2.24) is 0 Å². The first kappa shape index (κ1) is 36.8. The van der Waals surface area contributed by atoms with Gasteiger partial charge >= 0.3 is 0 Å². The van der Waals surface area contributed by atoms with E-state index in [2.05, 4.69) is 108 Å². The van der Waals surface area contributed by atoms with Crippen LogP contribution in [0.4, 0.5) is 0 Å². The molecule has 0 spiro atoms. The van der Waals surface area contributed by atoms with Crippen LogP contribution < -0.4 is 0 Å². The van der Waals surface area contributed by atoms with E-state index in [1.54, 1.807) is 0 Å². The summed E-state index contributed by atoms with van der Waals surface area (Å²) in [7, 11) is 0. The van der Waals surface area contributed by atoms with E-state index in [0.717, 1.165) is 6.42 Å². The van der Waals surface area contributed by atoms with Crippen molar-refractivity contribution >= 4 is 0 Å². The molecule has 0 nitrogen and oxygen atoms in total. The minimum absolute atomic E-state index is 0. The molecule has 0 aromatic heterocycles. The Kier molecular flexibility index (Phi) is 24.5. The van der Waals surface area contributed by atoms with E-state index >= 15 is 0 Å². The Balaban J connectivity index is 0. The molecule has 3 aromatic carbocycles. The van der Waals surface area contributed by atoms with Crippen LogP contribution in [0.5, 0.6) is 0 Å². The summed E-state index contributed by atoms with van der Waals surface area (Å²) in [6.45, 7) is 15.0. The van der Waals surface area contributed by atoms with Gasteiger partial charge in [-0.3, -0.25) is 0 Å². The van der Waals surface area contributed by atoms with Gasteiger partial charge in [0.05, 0.1) is 0 Å². The summed E-state index contributed by atoms with van der Waals surface area (Å²) in [5, 5.41) is 0. The molecule has 0 N–H and O–H groups in total. The number of rotatable bonds is 10. The molecule has 36 heavy (non-hydrogen) atoms. The summed E-state index contributed by atoms with van der Waals surface area (Å²) < 4.78 is 0. The topological polar surface area (TPSA) is 0 Å². The Morgan fingerprint density at radius 1 is 0.472 bits per heavy atom. The summed E-state index contributed by atoms with van der Waals surface area (Å²) in [4.78, 5) is 0. The molecule has 0 aliphatic rings. The van der Waals surface area contributed by atoms with Crippen LogP contribution in [-0.4, -0.2) is 0 Å². The minimum atomic E-state index is 0. The van der Waals surface area contributed by atoms with Crippen molar-refractivity contribution in [3.05, 3.63) is 121 Å². The molecular weight excluding hydrogens is 509 g/mol. The second-order valence-electron chi connectivity index (χ2n) is 9.16. The second kappa shape index (κ2) is 24.0. The van der Waals surface area contributed by atoms with Crippen LogP contribution in [0, 0.1) is 14.4 Å². The van der Waals surface area contributed by atoms with E-state index in [-0.39, 0.29) is 40.1 Å². The molecule has 0 aliphatic carbocycles. The molecule has 1 heteroatoms. The van der Waals surface area contributed by atoms with E-state index in [4.69, 9.17) is 0 Å². The zero-order valence-electron chi connectivity index (χ0n) is 24.3. The Morgan fingerprint density at radius 3 is 1.25 bits per heavy atom. The fraction of sp³-hybridized carbons (Fsp3) is 0.429. The number of benzene rings is 3. The van der Waals surface area contributed by atoms with Gasteiger partial charge in [-0.25, -0.2) is 0 Å². The standard InChI is InChI=1S/2C12H18.C10H13.CH3.Y/c1-3-6-11-8-5-9-12(10-11)7-4-2;1-3-5-11-7-9-12(6-4-2)10-8-11;1-3-6-10-8-5-4-7-9(10)2;;/h5,8-10H,3-4,6-7H2,1-2H3;7-10H,3-6H2,1-2H3;4-5,7-8H,2-3,6H2,1H3;1H3;/q;;2*-1;. The van der Waals surface area contributed by atoms with E-state index in [1.165, 1.54) is 91.2 Å². The maximum Gasteiger partial charge on any atom is 0 e. The SMILES string of the molecule is CCCc1ccc(CCC)cc1.CCCc1cccc(CCC)c1.[CH2-]c1ccccc1CCC.[CH3-].[Y]. The molecule has 3 aromatic rings. The zero-order chi connectivity index (χ0) is 25.0. The first-order chi connectivity index (χ1) is 16.6. The fourth-order valence-electron chi connectivity index (χ4n) is 4.04. The Bertz CT molecular complexity index is 833. The molecule has 1 radical (unpaired) electrons. The molecule has 0 amide bonds. The average Bonchev–Trinajstić information content (AvgIpc) is 2.84. The molecule has 0 heterocycles.